The molecule has 0 saturated heterocycles. The van der Waals surface area contributed by atoms with Gasteiger partial charge in [0, 0.05) is 24.1 Å². The molecule has 8 heteroatoms. The first-order valence-corrected chi connectivity index (χ1v) is 10.1. The Balaban J connectivity index is 1.59. The van der Waals surface area contributed by atoms with E-state index in [1.807, 2.05) is 54.6 Å². The Morgan fingerprint density at radius 1 is 0.875 bits per heavy atom. The Morgan fingerprint density at radius 2 is 1.62 bits per heavy atom. The summed E-state index contributed by atoms with van der Waals surface area (Å²) in [6.07, 6.45) is 0.307. The molecule has 0 bridgehead atoms. The van der Waals surface area contributed by atoms with Crippen molar-refractivity contribution in [2.75, 3.05) is 11.1 Å². The minimum absolute atomic E-state index is 0.0728. The van der Waals surface area contributed by atoms with Gasteiger partial charge in [-0.2, -0.15) is 0 Å². The van der Waals surface area contributed by atoms with Crippen molar-refractivity contribution in [3.8, 4) is 11.3 Å². The van der Waals surface area contributed by atoms with Gasteiger partial charge in [-0.15, -0.1) is 0 Å². The van der Waals surface area contributed by atoms with E-state index in [2.05, 4.69) is 15.3 Å². The number of fused-ring (bicyclic) bond motifs is 1. The molecule has 0 aliphatic carbocycles. The quantitative estimate of drug-likeness (QED) is 0.410. The van der Waals surface area contributed by atoms with E-state index in [0.717, 1.165) is 22.5 Å². The number of carboxylic acid groups (broad SMARTS) is 1. The lowest BCUT2D eigenvalue weighted by molar-refractivity contribution is -0.138. The van der Waals surface area contributed by atoms with Crippen LogP contribution in [-0.4, -0.2) is 31.9 Å². The van der Waals surface area contributed by atoms with Gasteiger partial charge < -0.3 is 16.2 Å². The molecule has 2 aromatic carbocycles. The predicted molar refractivity (Wildman–Crippen MR) is 122 cm³/mol. The maximum absolute atomic E-state index is 11.8. The molecular weight excluding hydrogens is 406 g/mol. The number of carbonyl (C=O) groups excluding carboxylic acids is 1. The normalized spacial score (nSPS) is 10.8. The van der Waals surface area contributed by atoms with Gasteiger partial charge in [0.15, 0.2) is 0 Å². The average Bonchev–Trinajstić information content (AvgIpc) is 2.79. The summed E-state index contributed by atoms with van der Waals surface area (Å²) in [5.41, 5.74) is 11.3. The van der Waals surface area contributed by atoms with Crippen molar-refractivity contribution in [2.24, 2.45) is 0 Å². The lowest BCUT2D eigenvalue weighted by Gasteiger charge is -2.09. The fourth-order valence-corrected chi connectivity index (χ4v) is 3.34. The molecule has 0 spiro atoms. The molecule has 0 atom stereocenters. The van der Waals surface area contributed by atoms with Gasteiger partial charge in [-0.3, -0.25) is 9.59 Å². The number of nitrogen functional groups attached to an aromatic ring is 1. The molecule has 32 heavy (non-hydrogen) atoms. The number of hydrogen-bond donors (Lipinski definition) is 3. The number of nitrogens with one attached hydrogen (secondary N) is 1. The third kappa shape index (κ3) is 5.04. The standard InChI is InChI=1S/C24H21N5O3/c25-24-28-19-11-10-18(27-23(19)20(29-24)14-15-4-2-1-3-5-15)16-6-8-17(9-7-16)26-21(30)12-13-22(31)32/h1-11H,12-14H2,(H,26,30)(H,31,32)(H2,25,28,29). The van der Waals surface area contributed by atoms with Crippen molar-refractivity contribution in [1.82, 2.24) is 15.0 Å². The van der Waals surface area contributed by atoms with Gasteiger partial charge in [0.2, 0.25) is 11.9 Å². The first kappa shape index (κ1) is 20.9. The fourth-order valence-electron chi connectivity index (χ4n) is 3.34. The Kier molecular flexibility index (Phi) is 6.03. The number of rotatable bonds is 7. The maximum atomic E-state index is 11.8. The summed E-state index contributed by atoms with van der Waals surface area (Å²) in [5, 5.41) is 11.4. The summed E-state index contributed by atoms with van der Waals surface area (Å²) in [5.74, 6) is -1.14. The van der Waals surface area contributed by atoms with E-state index >= 15 is 0 Å². The van der Waals surface area contributed by atoms with E-state index in [0.29, 0.717) is 23.1 Å². The minimum Gasteiger partial charge on any atom is -0.481 e. The molecule has 0 fully saturated rings. The third-order valence-electron chi connectivity index (χ3n) is 4.88. The van der Waals surface area contributed by atoms with Gasteiger partial charge in [0.1, 0.15) is 5.52 Å². The topological polar surface area (TPSA) is 131 Å². The molecule has 0 saturated carbocycles. The second-order valence-corrected chi connectivity index (χ2v) is 7.27. The van der Waals surface area contributed by atoms with E-state index in [1.54, 1.807) is 12.1 Å². The van der Waals surface area contributed by atoms with Crippen LogP contribution in [0.1, 0.15) is 24.1 Å². The smallest absolute Gasteiger partial charge is 0.303 e. The number of aromatic nitrogens is 3. The molecule has 4 rings (SSSR count). The maximum Gasteiger partial charge on any atom is 0.303 e. The van der Waals surface area contributed by atoms with E-state index in [9.17, 15) is 9.59 Å². The lowest BCUT2D eigenvalue weighted by Crippen LogP contribution is -2.13. The number of benzene rings is 2. The van der Waals surface area contributed by atoms with E-state index in [-0.39, 0.29) is 24.7 Å². The van der Waals surface area contributed by atoms with Crippen LogP contribution in [0.4, 0.5) is 11.6 Å². The van der Waals surface area contributed by atoms with Crippen LogP contribution in [0, 0.1) is 0 Å². The van der Waals surface area contributed by atoms with Crippen molar-refractivity contribution in [2.45, 2.75) is 19.3 Å². The molecule has 160 valence electrons. The van der Waals surface area contributed by atoms with Crippen molar-refractivity contribution < 1.29 is 14.7 Å². The summed E-state index contributed by atoms with van der Waals surface area (Å²) in [6, 6.07) is 20.9. The summed E-state index contributed by atoms with van der Waals surface area (Å²) in [6.45, 7) is 0. The highest BCUT2D eigenvalue weighted by Crippen LogP contribution is 2.25. The Morgan fingerprint density at radius 3 is 2.34 bits per heavy atom. The molecule has 8 nitrogen and oxygen atoms in total. The van der Waals surface area contributed by atoms with Crippen molar-refractivity contribution >= 4 is 34.5 Å². The molecular formula is C24H21N5O3. The predicted octanol–water partition coefficient (Wildman–Crippen LogP) is 3.67. The van der Waals surface area contributed by atoms with Crippen LogP contribution >= 0.6 is 0 Å². The molecule has 0 aliphatic heterocycles. The summed E-state index contributed by atoms with van der Waals surface area (Å²) in [7, 11) is 0. The summed E-state index contributed by atoms with van der Waals surface area (Å²) in [4.78, 5) is 35.9. The van der Waals surface area contributed by atoms with Crippen molar-refractivity contribution in [1.29, 1.82) is 0 Å². The molecule has 4 aromatic rings. The fraction of sp³-hybridized carbons (Fsp3) is 0.125. The van der Waals surface area contributed by atoms with Crippen molar-refractivity contribution in [3.05, 3.63) is 78.0 Å². The summed E-state index contributed by atoms with van der Waals surface area (Å²) >= 11 is 0. The van der Waals surface area contributed by atoms with Gasteiger partial charge in [-0.1, -0.05) is 42.5 Å². The Bertz CT molecular complexity index is 1270. The number of nitrogens with two attached hydrogens (primary N) is 1. The van der Waals surface area contributed by atoms with Gasteiger partial charge in [0.05, 0.1) is 23.3 Å². The zero-order valence-corrected chi connectivity index (χ0v) is 17.2. The Labute approximate surface area is 184 Å². The van der Waals surface area contributed by atoms with Crippen LogP contribution in [0.5, 0.6) is 0 Å². The number of pyridine rings is 1. The highest BCUT2D eigenvalue weighted by atomic mass is 16.4. The van der Waals surface area contributed by atoms with E-state index in [4.69, 9.17) is 15.8 Å². The first-order chi connectivity index (χ1) is 15.5. The number of carbonyl (C=O) groups is 2. The SMILES string of the molecule is Nc1nc(Cc2ccccc2)c2nc(-c3ccc(NC(=O)CCC(=O)O)cc3)ccc2n1. The van der Waals surface area contributed by atoms with E-state index < -0.39 is 5.97 Å². The third-order valence-corrected chi connectivity index (χ3v) is 4.88. The number of anilines is 2. The van der Waals surface area contributed by atoms with E-state index in [1.165, 1.54) is 0 Å². The van der Waals surface area contributed by atoms with Crippen LogP contribution in [-0.2, 0) is 16.0 Å². The second kappa shape index (κ2) is 9.22. The summed E-state index contributed by atoms with van der Waals surface area (Å²) < 4.78 is 0. The number of hydrogen-bond acceptors (Lipinski definition) is 6. The highest BCUT2D eigenvalue weighted by molar-refractivity contribution is 5.92. The largest absolute Gasteiger partial charge is 0.481 e. The minimum atomic E-state index is -1.00. The highest BCUT2D eigenvalue weighted by Gasteiger charge is 2.11. The van der Waals surface area contributed by atoms with Crippen LogP contribution < -0.4 is 11.1 Å². The number of nitrogens with zero attached hydrogens (tertiary/aromatic N) is 3. The van der Waals surface area contributed by atoms with Gasteiger partial charge >= 0.3 is 5.97 Å². The Hall–Kier alpha value is -4.33. The number of amides is 1. The molecule has 2 aromatic heterocycles. The first-order valence-electron chi connectivity index (χ1n) is 10.1. The lowest BCUT2D eigenvalue weighted by atomic mass is 10.1. The number of aliphatic carboxylic acids is 1. The van der Waals surface area contributed by atoms with Crippen LogP contribution in [0.2, 0.25) is 0 Å². The molecule has 0 unspecified atom stereocenters. The van der Waals surface area contributed by atoms with Crippen LogP contribution in [0.3, 0.4) is 0 Å². The molecule has 1 amide bonds. The average molecular weight is 427 g/mol. The zero-order chi connectivity index (χ0) is 22.5. The van der Waals surface area contributed by atoms with Crippen LogP contribution in [0.25, 0.3) is 22.3 Å². The molecule has 0 aliphatic rings. The van der Waals surface area contributed by atoms with Crippen LogP contribution in [0.15, 0.2) is 66.7 Å². The molecule has 2 heterocycles. The van der Waals surface area contributed by atoms with Crippen molar-refractivity contribution in [3.63, 3.8) is 0 Å². The second-order valence-electron chi connectivity index (χ2n) is 7.27. The van der Waals surface area contributed by atoms with Gasteiger partial charge in [0.25, 0.3) is 0 Å². The van der Waals surface area contributed by atoms with Gasteiger partial charge in [-0.25, -0.2) is 15.0 Å². The van der Waals surface area contributed by atoms with Gasteiger partial charge in [-0.05, 0) is 29.8 Å². The molecule has 4 N–H and O–H groups in total. The monoisotopic (exact) mass is 427 g/mol. The molecule has 0 radical (unpaired) electrons. The number of carboxylic acids is 1. The zero-order valence-electron chi connectivity index (χ0n) is 17.2.